The Balaban J connectivity index is 4.37. The standard InChI is InChI=1S/C8H18N2O/c1-5-8(9,6-2)7(11)10(3)4/h5-6,9H2,1-4H3. The Labute approximate surface area is 68.6 Å². The van der Waals surface area contributed by atoms with Gasteiger partial charge in [-0.25, -0.2) is 0 Å². The van der Waals surface area contributed by atoms with Crippen LogP contribution in [0.25, 0.3) is 0 Å². The van der Waals surface area contributed by atoms with E-state index >= 15 is 0 Å². The minimum atomic E-state index is -0.649. The van der Waals surface area contributed by atoms with E-state index in [0.717, 1.165) is 0 Å². The zero-order valence-electron chi connectivity index (χ0n) is 7.85. The van der Waals surface area contributed by atoms with Crippen LogP contribution in [0.15, 0.2) is 0 Å². The molecule has 0 radical (unpaired) electrons. The molecular formula is C8H18N2O. The monoisotopic (exact) mass is 158 g/mol. The molecule has 11 heavy (non-hydrogen) atoms. The summed E-state index contributed by atoms with van der Waals surface area (Å²) in [7, 11) is 3.46. The first kappa shape index (κ1) is 10.4. The maximum absolute atomic E-state index is 11.4. The molecule has 0 heterocycles. The molecule has 3 heteroatoms. The van der Waals surface area contributed by atoms with Crippen LogP contribution < -0.4 is 5.73 Å². The van der Waals surface area contributed by atoms with Crippen molar-refractivity contribution in [2.24, 2.45) is 5.73 Å². The molecule has 0 rings (SSSR count). The third-order valence-corrected chi connectivity index (χ3v) is 2.09. The van der Waals surface area contributed by atoms with Crippen molar-refractivity contribution < 1.29 is 4.79 Å². The number of likely N-dealkylation sites (N-methyl/N-ethyl adjacent to an activating group) is 1. The fourth-order valence-corrected chi connectivity index (χ4v) is 0.998. The number of rotatable bonds is 3. The molecule has 0 saturated heterocycles. The third-order valence-electron chi connectivity index (χ3n) is 2.09. The summed E-state index contributed by atoms with van der Waals surface area (Å²) >= 11 is 0. The molecule has 1 amide bonds. The van der Waals surface area contributed by atoms with Gasteiger partial charge in [0.1, 0.15) is 0 Å². The van der Waals surface area contributed by atoms with Gasteiger partial charge in [0.2, 0.25) is 5.91 Å². The van der Waals surface area contributed by atoms with Crippen molar-refractivity contribution in [1.29, 1.82) is 0 Å². The van der Waals surface area contributed by atoms with Gasteiger partial charge >= 0.3 is 0 Å². The Kier molecular flexibility index (Phi) is 3.52. The second-order valence-corrected chi connectivity index (χ2v) is 3.06. The molecule has 66 valence electrons. The summed E-state index contributed by atoms with van der Waals surface area (Å²) in [6, 6.07) is 0. The molecule has 0 saturated carbocycles. The van der Waals surface area contributed by atoms with Crippen LogP contribution in [0.4, 0.5) is 0 Å². The highest BCUT2D eigenvalue weighted by molar-refractivity contribution is 5.85. The number of amides is 1. The number of hydrogen-bond donors (Lipinski definition) is 1. The van der Waals surface area contributed by atoms with E-state index in [1.165, 1.54) is 0 Å². The summed E-state index contributed by atoms with van der Waals surface area (Å²) in [6.07, 6.45) is 1.39. The molecular weight excluding hydrogens is 140 g/mol. The second kappa shape index (κ2) is 3.72. The van der Waals surface area contributed by atoms with Gasteiger partial charge in [0.25, 0.3) is 0 Å². The lowest BCUT2D eigenvalue weighted by atomic mass is 9.93. The molecule has 0 unspecified atom stereocenters. The van der Waals surface area contributed by atoms with Gasteiger partial charge in [-0.3, -0.25) is 4.79 Å². The normalized spacial score (nSPS) is 11.4. The molecule has 0 aliphatic carbocycles. The molecule has 2 N–H and O–H groups in total. The summed E-state index contributed by atoms with van der Waals surface area (Å²) in [6.45, 7) is 3.87. The molecule has 3 nitrogen and oxygen atoms in total. The van der Waals surface area contributed by atoms with Gasteiger partial charge in [-0.1, -0.05) is 13.8 Å². The number of carbonyl (C=O) groups is 1. The van der Waals surface area contributed by atoms with Crippen LogP contribution in [-0.2, 0) is 4.79 Å². The highest BCUT2D eigenvalue weighted by Crippen LogP contribution is 2.13. The fraction of sp³-hybridized carbons (Fsp3) is 0.875. The van der Waals surface area contributed by atoms with Gasteiger partial charge in [0, 0.05) is 14.1 Å². The number of nitrogens with two attached hydrogens (primary N) is 1. The Bertz CT molecular complexity index is 139. The molecule has 0 spiro atoms. The van der Waals surface area contributed by atoms with Crippen LogP contribution in [0, 0.1) is 0 Å². The van der Waals surface area contributed by atoms with Crippen molar-refractivity contribution in [3.63, 3.8) is 0 Å². The first-order chi connectivity index (χ1) is 4.98. The fourth-order valence-electron chi connectivity index (χ4n) is 0.998. The highest BCUT2D eigenvalue weighted by Gasteiger charge is 2.30. The van der Waals surface area contributed by atoms with Crippen LogP contribution in [0.3, 0.4) is 0 Å². The van der Waals surface area contributed by atoms with Gasteiger partial charge in [0.15, 0.2) is 0 Å². The van der Waals surface area contributed by atoms with Gasteiger partial charge in [-0.15, -0.1) is 0 Å². The first-order valence-corrected chi connectivity index (χ1v) is 3.98. The summed E-state index contributed by atoms with van der Waals surface area (Å²) in [4.78, 5) is 13.0. The Morgan fingerprint density at radius 2 is 1.73 bits per heavy atom. The maximum Gasteiger partial charge on any atom is 0.242 e. The number of hydrogen-bond acceptors (Lipinski definition) is 2. The molecule has 0 aliphatic rings. The summed E-state index contributed by atoms with van der Waals surface area (Å²) in [5.41, 5.74) is 5.20. The Hall–Kier alpha value is -0.570. The van der Waals surface area contributed by atoms with Crippen LogP contribution in [-0.4, -0.2) is 30.4 Å². The quantitative estimate of drug-likeness (QED) is 0.653. The molecule has 0 fully saturated rings. The van der Waals surface area contributed by atoms with E-state index in [2.05, 4.69) is 0 Å². The van der Waals surface area contributed by atoms with Gasteiger partial charge in [-0.05, 0) is 12.8 Å². The zero-order chi connectivity index (χ0) is 9.07. The minimum Gasteiger partial charge on any atom is -0.347 e. The molecule has 0 aliphatic heterocycles. The van der Waals surface area contributed by atoms with Crippen molar-refractivity contribution in [2.75, 3.05) is 14.1 Å². The van der Waals surface area contributed by atoms with E-state index in [1.807, 2.05) is 13.8 Å². The molecule has 0 aromatic heterocycles. The van der Waals surface area contributed by atoms with Crippen molar-refractivity contribution >= 4 is 5.91 Å². The minimum absolute atomic E-state index is 0.0162. The topological polar surface area (TPSA) is 46.3 Å². The van der Waals surface area contributed by atoms with Gasteiger partial charge < -0.3 is 10.6 Å². The van der Waals surface area contributed by atoms with Gasteiger partial charge in [-0.2, -0.15) is 0 Å². The Morgan fingerprint density at radius 3 is 1.82 bits per heavy atom. The van der Waals surface area contributed by atoms with Crippen LogP contribution in [0.1, 0.15) is 26.7 Å². The average molecular weight is 158 g/mol. The average Bonchev–Trinajstić information content (AvgIpc) is 2.01. The lowest BCUT2D eigenvalue weighted by molar-refractivity contribution is -0.134. The first-order valence-electron chi connectivity index (χ1n) is 3.98. The lowest BCUT2D eigenvalue weighted by Gasteiger charge is -2.28. The van der Waals surface area contributed by atoms with E-state index in [4.69, 9.17) is 5.73 Å². The predicted molar refractivity (Wildman–Crippen MR) is 46.2 cm³/mol. The van der Waals surface area contributed by atoms with Crippen LogP contribution in [0.5, 0.6) is 0 Å². The highest BCUT2D eigenvalue weighted by atomic mass is 16.2. The molecule has 0 aromatic carbocycles. The molecule has 0 aromatic rings. The van der Waals surface area contributed by atoms with Crippen molar-refractivity contribution in [3.05, 3.63) is 0 Å². The Morgan fingerprint density at radius 1 is 1.36 bits per heavy atom. The van der Waals surface area contributed by atoms with E-state index in [0.29, 0.717) is 12.8 Å². The zero-order valence-corrected chi connectivity index (χ0v) is 7.85. The SMILES string of the molecule is CCC(N)(CC)C(=O)N(C)C. The number of carbonyl (C=O) groups excluding carboxylic acids is 1. The summed E-state index contributed by atoms with van der Waals surface area (Å²) in [5.74, 6) is 0.0162. The van der Waals surface area contributed by atoms with Crippen LogP contribution in [0.2, 0.25) is 0 Å². The van der Waals surface area contributed by atoms with Crippen molar-refractivity contribution in [2.45, 2.75) is 32.2 Å². The number of nitrogens with zero attached hydrogens (tertiary/aromatic N) is 1. The third kappa shape index (κ3) is 2.19. The molecule has 0 bridgehead atoms. The predicted octanol–water partition coefficient (Wildman–Crippen LogP) is 0.592. The largest absolute Gasteiger partial charge is 0.347 e. The van der Waals surface area contributed by atoms with E-state index in [-0.39, 0.29) is 5.91 Å². The van der Waals surface area contributed by atoms with Gasteiger partial charge in [0.05, 0.1) is 5.54 Å². The van der Waals surface area contributed by atoms with Crippen molar-refractivity contribution in [1.82, 2.24) is 4.90 Å². The van der Waals surface area contributed by atoms with E-state index in [1.54, 1.807) is 19.0 Å². The molecule has 0 atom stereocenters. The van der Waals surface area contributed by atoms with Crippen molar-refractivity contribution in [3.8, 4) is 0 Å². The van der Waals surface area contributed by atoms with E-state index in [9.17, 15) is 4.79 Å². The lowest BCUT2D eigenvalue weighted by Crippen LogP contribution is -2.52. The van der Waals surface area contributed by atoms with E-state index < -0.39 is 5.54 Å². The summed E-state index contributed by atoms with van der Waals surface area (Å²) < 4.78 is 0. The summed E-state index contributed by atoms with van der Waals surface area (Å²) in [5, 5.41) is 0. The smallest absolute Gasteiger partial charge is 0.242 e. The second-order valence-electron chi connectivity index (χ2n) is 3.06. The maximum atomic E-state index is 11.4. The van der Waals surface area contributed by atoms with Crippen LogP contribution >= 0.6 is 0 Å².